The van der Waals surface area contributed by atoms with Crippen molar-refractivity contribution in [2.45, 2.75) is 6.92 Å². The number of aromatic nitrogens is 1. The van der Waals surface area contributed by atoms with E-state index in [1.165, 1.54) is 4.88 Å². The zero-order chi connectivity index (χ0) is 9.26. The van der Waals surface area contributed by atoms with Crippen LogP contribution in [0, 0.1) is 6.92 Å². The van der Waals surface area contributed by atoms with Gasteiger partial charge in [0.25, 0.3) is 0 Å². The first-order valence-corrected chi connectivity index (χ1v) is 4.91. The van der Waals surface area contributed by atoms with E-state index in [9.17, 15) is 0 Å². The summed E-state index contributed by atoms with van der Waals surface area (Å²) in [6.45, 7) is 2.07. The molecule has 1 aromatic carbocycles. The van der Waals surface area contributed by atoms with E-state index >= 15 is 0 Å². The van der Waals surface area contributed by atoms with E-state index in [0.717, 1.165) is 16.9 Å². The van der Waals surface area contributed by atoms with Gasteiger partial charge in [-0.15, -0.1) is 11.3 Å². The van der Waals surface area contributed by atoms with Gasteiger partial charge in [0.05, 0.1) is 11.2 Å². The Labute approximate surface area is 81.1 Å². The van der Waals surface area contributed by atoms with Gasteiger partial charge >= 0.3 is 0 Å². The number of thiazole rings is 1. The Hall–Kier alpha value is -1.35. The second-order valence-corrected chi connectivity index (χ2v) is 3.94. The van der Waals surface area contributed by atoms with Crippen LogP contribution in [-0.4, -0.2) is 4.98 Å². The first-order valence-electron chi connectivity index (χ1n) is 4.03. The van der Waals surface area contributed by atoms with E-state index in [0.29, 0.717) is 0 Å². The second-order valence-electron chi connectivity index (χ2n) is 2.88. The van der Waals surface area contributed by atoms with Gasteiger partial charge in [-0.1, -0.05) is 12.1 Å². The van der Waals surface area contributed by atoms with Crippen molar-refractivity contribution in [1.29, 1.82) is 0 Å². The van der Waals surface area contributed by atoms with Crippen LogP contribution in [0.4, 0.5) is 5.69 Å². The van der Waals surface area contributed by atoms with Gasteiger partial charge in [0.1, 0.15) is 0 Å². The maximum Gasteiger partial charge on any atom is 0.0841 e. The van der Waals surface area contributed by atoms with E-state index in [1.54, 1.807) is 11.3 Å². The van der Waals surface area contributed by atoms with Crippen molar-refractivity contribution >= 4 is 17.0 Å². The van der Waals surface area contributed by atoms with Crippen LogP contribution in [0.15, 0.2) is 29.8 Å². The molecule has 0 unspecified atom stereocenters. The Balaban J connectivity index is 2.53. The molecule has 66 valence electrons. The first kappa shape index (κ1) is 8.26. The van der Waals surface area contributed by atoms with Crippen molar-refractivity contribution in [2.24, 2.45) is 0 Å². The summed E-state index contributed by atoms with van der Waals surface area (Å²) in [7, 11) is 0. The van der Waals surface area contributed by atoms with Crippen molar-refractivity contribution in [3.63, 3.8) is 0 Å². The van der Waals surface area contributed by atoms with Gasteiger partial charge in [0, 0.05) is 16.1 Å². The Kier molecular flexibility index (Phi) is 2.02. The molecular formula is C10H10N2S. The Morgan fingerprint density at radius 1 is 1.38 bits per heavy atom. The minimum Gasteiger partial charge on any atom is -0.399 e. The quantitative estimate of drug-likeness (QED) is 0.702. The Morgan fingerprint density at radius 3 is 2.85 bits per heavy atom. The van der Waals surface area contributed by atoms with Crippen molar-refractivity contribution in [3.05, 3.63) is 34.7 Å². The van der Waals surface area contributed by atoms with Gasteiger partial charge in [-0.05, 0) is 19.1 Å². The van der Waals surface area contributed by atoms with Crippen molar-refractivity contribution in [1.82, 2.24) is 4.98 Å². The first-order chi connectivity index (χ1) is 6.27. The maximum atomic E-state index is 5.69. The summed E-state index contributed by atoms with van der Waals surface area (Å²) in [5.41, 5.74) is 10.5. The highest BCUT2D eigenvalue weighted by molar-refractivity contribution is 7.10. The lowest BCUT2D eigenvalue weighted by Crippen LogP contribution is -1.85. The van der Waals surface area contributed by atoms with Crippen LogP contribution >= 0.6 is 11.3 Å². The van der Waals surface area contributed by atoms with E-state index < -0.39 is 0 Å². The van der Waals surface area contributed by atoms with Crippen molar-refractivity contribution < 1.29 is 0 Å². The average molecular weight is 190 g/mol. The Morgan fingerprint density at radius 2 is 2.23 bits per heavy atom. The lowest BCUT2D eigenvalue weighted by atomic mass is 10.1. The number of rotatable bonds is 1. The average Bonchev–Trinajstić information content (AvgIpc) is 2.51. The molecule has 0 bridgehead atoms. The number of benzene rings is 1. The zero-order valence-electron chi connectivity index (χ0n) is 7.32. The van der Waals surface area contributed by atoms with Gasteiger partial charge in [-0.25, -0.2) is 4.98 Å². The van der Waals surface area contributed by atoms with Crippen LogP contribution in [-0.2, 0) is 0 Å². The fraction of sp³-hybridized carbons (Fsp3) is 0.100. The molecule has 0 aliphatic carbocycles. The molecular weight excluding hydrogens is 180 g/mol. The van der Waals surface area contributed by atoms with Crippen molar-refractivity contribution in [3.8, 4) is 11.3 Å². The van der Waals surface area contributed by atoms with E-state index in [4.69, 9.17) is 5.73 Å². The third-order valence-corrected chi connectivity index (χ3v) is 2.66. The molecule has 0 atom stereocenters. The molecule has 1 heterocycles. The lowest BCUT2D eigenvalue weighted by molar-refractivity contribution is 1.38. The minimum atomic E-state index is 0.782. The minimum absolute atomic E-state index is 0.782. The van der Waals surface area contributed by atoms with Gasteiger partial charge in [0.15, 0.2) is 0 Å². The van der Waals surface area contributed by atoms with Gasteiger partial charge in [0.2, 0.25) is 0 Å². The van der Waals surface area contributed by atoms with Gasteiger partial charge < -0.3 is 5.73 Å². The lowest BCUT2D eigenvalue weighted by Gasteiger charge is -1.99. The normalized spacial score (nSPS) is 10.2. The summed E-state index contributed by atoms with van der Waals surface area (Å²) in [4.78, 5) is 5.52. The van der Waals surface area contributed by atoms with Crippen LogP contribution in [0.5, 0.6) is 0 Å². The summed E-state index contributed by atoms with van der Waals surface area (Å²) in [5.74, 6) is 0. The standard InChI is InChI=1S/C10H10N2S/c1-7-10(12-6-13-7)8-3-2-4-9(11)5-8/h2-6H,11H2,1H3. The summed E-state index contributed by atoms with van der Waals surface area (Å²) in [5, 5.41) is 0. The number of anilines is 1. The smallest absolute Gasteiger partial charge is 0.0841 e. The monoisotopic (exact) mass is 190 g/mol. The van der Waals surface area contributed by atoms with Crippen LogP contribution in [0.3, 0.4) is 0 Å². The molecule has 0 saturated carbocycles. The maximum absolute atomic E-state index is 5.69. The van der Waals surface area contributed by atoms with Gasteiger partial charge in [-0.2, -0.15) is 0 Å². The highest BCUT2D eigenvalue weighted by Gasteiger charge is 2.03. The molecule has 1 aromatic heterocycles. The predicted molar refractivity (Wildman–Crippen MR) is 56.7 cm³/mol. The van der Waals surface area contributed by atoms with E-state index in [-0.39, 0.29) is 0 Å². The number of hydrogen-bond acceptors (Lipinski definition) is 3. The number of nitrogens with zero attached hydrogens (tertiary/aromatic N) is 1. The molecule has 0 radical (unpaired) electrons. The zero-order valence-corrected chi connectivity index (χ0v) is 8.14. The van der Waals surface area contributed by atoms with Gasteiger partial charge in [-0.3, -0.25) is 0 Å². The van der Waals surface area contributed by atoms with Crippen LogP contribution in [0.2, 0.25) is 0 Å². The Bertz CT molecular complexity index is 420. The molecule has 0 aliphatic rings. The predicted octanol–water partition coefficient (Wildman–Crippen LogP) is 2.70. The number of nitrogen functional groups attached to an aromatic ring is 1. The number of aryl methyl sites for hydroxylation is 1. The number of nitrogens with two attached hydrogens (primary N) is 1. The molecule has 0 fully saturated rings. The molecule has 2 N–H and O–H groups in total. The third-order valence-electron chi connectivity index (χ3n) is 1.90. The summed E-state index contributed by atoms with van der Waals surface area (Å²) < 4.78 is 0. The van der Waals surface area contributed by atoms with Crippen LogP contribution in [0.25, 0.3) is 11.3 Å². The largest absolute Gasteiger partial charge is 0.399 e. The van der Waals surface area contributed by atoms with E-state index in [1.807, 2.05) is 29.8 Å². The summed E-state index contributed by atoms with van der Waals surface area (Å²) in [6, 6.07) is 7.80. The molecule has 2 nitrogen and oxygen atoms in total. The molecule has 13 heavy (non-hydrogen) atoms. The van der Waals surface area contributed by atoms with Crippen LogP contribution in [0.1, 0.15) is 4.88 Å². The SMILES string of the molecule is Cc1scnc1-c1cccc(N)c1. The summed E-state index contributed by atoms with van der Waals surface area (Å²) in [6.07, 6.45) is 0. The molecule has 0 aliphatic heterocycles. The molecule has 2 rings (SSSR count). The fourth-order valence-electron chi connectivity index (χ4n) is 1.27. The van der Waals surface area contributed by atoms with Crippen molar-refractivity contribution in [2.75, 3.05) is 5.73 Å². The molecule has 0 saturated heterocycles. The highest BCUT2D eigenvalue weighted by atomic mass is 32.1. The number of hydrogen-bond donors (Lipinski definition) is 1. The topological polar surface area (TPSA) is 38.9 Å². The molecule has 2 aromatic rings. The molecule has 0 amide bonds. The second kappa shape index (κ2) is 3.18. The van der Waals surface area contributed by atoms with E-state index in [2.05, 4.69) is 11.9 Å². The summed E-state index contributed by atoms with van der Waals surface area (Å²) >= 11 is 1.65. The molecule has 3 heteroatoms. The fourth-order valence-corrected chi connectivity index (χ4v) is 1.87. The molecule has 0 spiro atoms. The third kappa shape index (κ3) is 1.55. The van der Waals surface area contributed by atoms with Crippen LogP contribution < -0.4 is 5.73 Å². The highest BCUT2D eigenvalue weighted by Crippen LogP contribution is 2.25.